The van der Waals surface area contributed by atoms with Gasteiger partial charge in [-0.2, -0.15) is 0 Å². The van der Waals surface area contributed by atoms with Crippen LogP contribution in [0.5, 0.6) is 5.75 Å². The van der Waals surface area contributed by atoms with Gasteiger partial charge in [0.1, 0.15) is 5.75 Å². The van der Waals surface area contributed by atoms with Crippen LogP contribution >= 0.6 is 0 Å². The van der Waals surface area contributed by atoms with Crippen LogP contribution in [0.3, 0.4) is 0 Å². The van der Waals surface area contributed by atoms with Gasteiger partial charge >= 0.3 is 0 Å². The molecule has 0 amide bonds. The molecule has 124 valence electrons. The van der Waals surface area contributed by atoms with E-state index in [4.69, 9.17) is 0 Å². The molecule has 1 aliphatic carbocycles. The summed E-state index contributed by atoms with van der Waals surface area (Å²) in [7, 11) is 0. The summed E-state index contributed by atoms with van der Waals surface area (Å²) in [5.41, 5.74) is 6.52. The van der Waals surface area contributed by atoms with Crippen LogP contribution in [0.1, 0.15) is 36.0 Å². The quantitative estimate of drug-likeness (QED) is 0.598. The van der Waals surface area contributed by atoms with Gasteiger partial charge in [-0.15, -0.1) is 6.58 Å². The van der Waals surface area contributed by atoms with Crippen molar-refractivity contribution in [1.29, 1.82) is 0 Å². The highest BCUT2D eigenvalue weighted by Gasteiger charge is 2.18. The maximum atomic E-state index is 9.95. The van der Waals surface area contributed by atoms with Gasteiger partial charge in [-0.05, 0) is 72.2 Å². The van der Waals surface area contributed by atoms with Crippen LogP contribution in [-0.4, -0.2) is 18.2 Å². The number of fused-ring (bicyclic) bond motifs is 1. The summed E-state index contributed by atoms with van der Waals surface area (Å²) >= 11 is 0. The van der Waals surface area contributed by atoms with Crippen molar-refractivity contribution in [2.45, 2.75) is 25.7 Å². The molecule has 0 heterocycles. The molecule has 0 atom stereocenters. The van der Waals surface area contributed by atoms with E-state index in [1.54, 1.807) is 6.07 Å². The molecule has 2 aromatic carbocycles. The van der Waals surface area contributed by atoms with E-state index >= 15 is 0 Å². The molecule has 0 aliphatic heterocycles. The first-order chi connectivity index (χ1) is 11.8. The fourth-order valence-electron chi connectivity index (χ4n) is 3.43. The van der Waals surface area contributed by atoms with Gasteiger partial charge in [-0.1, -0.05) is 42.5 Å². The molecule has 2 heteroatoms. The largest absolute Gasteiger partial charge is 0.508 e. The van der Waals surface area contributed by atoms with Gasteiger partial charge in [0.05, 0.1) is 0 Å². The minimum atomic E-state index is 0.320. The lowest BCUT2D eigenvalue weighted by atomic mass is 9.90. The lowest BCUT2D eigenvalue weighted by molar-refractivity contribution is 0.475. The molecule has 24 heavy (non-hydrogen) atoms. The molecule has 0 spiro atoms. The Labute approximate surface area is 144 Å². The maximum absolute atomic E-state index is 9.95. The third-order valence-electron chi connectivity index (χ3n) is 4.56. The Balaban J connectivity index is 2.04. The van der Waals surface area contributed by atoms with Crippen molar-refractivity contribution in [3.8, 4) is 5.75 Å². The molecule has 2 N–H and O–H groups in total. The fraction of sp³-hybridized carbons (Fsp3) is 0.273. The number of aryl methyl sites for hydroxylation is 1. The minimum absolute atomic E-state index is 0.320. The molecule has 0 fully saturated rings. The van der Waals surface area contributed by atoms with E-state index in [1.807, 2.05) is 18.2 Å². The summed E-state index contributed by atoms with van der Waals surface area (Å²) in [6.07, 6.45) is 6.28. The van der Waals surface area contributed by atoms with E-state index in [2.05, 4.69) is 42.2 Å². The summed E-state index contributed by atoms with van der Waals surface area (Å²) < 4.78 is 0. The van der Waals surface area contributed by atoms with Crippen LogP contribution in [0.25, 0.3) is 5.57 Å². The van der Waals surface area contributed by atoms with Crippen molar-refractivity contribution in [2.75, 3.05) is 13.1 Å². The van der Waals surface area contributed by atoms with E-state index in [0.29, 0.717) is 5.75 Å². The van der Waals surface area contributed by atoms with Crippen LogP contribution in [0, 0.1) is 0 Å². The fourth-order valence-corrected chi connectivity index (χ4v) is 3.43. The highest BCUT2D eigenvalue weighted by atomic mass is 16.3. The number of phenolic OH excluding ortho intramolecular Hbond substituents is 1. The Kier molecular flexibility index (Phi) is 5.50. The number of rotatable bonds is 6. The molecule has 0 saturated carbocycles. The van der Waals surface area contributed by atoms with Crippen molar-refractivity contribution < 1.29 is 5.11 Å². The molecule has 0 bridgehead atoms. The maximum Gasteiger partial charge on any atom is 0.116 e. The number of aromatic hydroxyl groups is 1. The van der Waals surface area contributed by atoms with E-state index in [9.17, 15) is 5.11 Å². The topological polar surface area (TPSA) is 32.3 Å². The van der Waals surface area contributed by atoms with Gasteiger partial charge in [-0.25, -0.2) is 0 Å². The highest BCUT2D eigenvalue weighted by Crippen LogP contribution is 2.35. The zero-order valence-corrected chi connectivity index (χ0v) is 14.1. The number of phenols is 1. The Hall–Kier alpha value is -2.32. The van der Waals surface area contributed by atoms with Gasteiger partial charge in [0, 0.05) is 6.54 Å². The van der Waals surface area contributed by atoms with E-state index < -0.39 is 0 Å². The second kappa shape index (κ2) is 7.98. The first-order valence-corrected chi connectivity index (χ1v) is 8.71. The second-order valence-electron chi connectivity index (χ2n) is 6.29. The summed E-state index contributed by atoms with van der Waals surface area (Å²) in [4.78, 5) is 0. The van der Waals surface area contributed by atoms with Gasteiger partial charge in [0.15, 0.2) is 0 Å². The van der Waals surface area contributed by atoms with Crippen molar-refractivity contribution in [3.05, 3.63) is 83.4 Å². The van der Waals surface area contributed by atoms with Crippen LogP contribution in [0.4, 0.5) is 0 Å². The molecule has 2 aromatic rings. The normalized spacial score (nSPS) is 14.2. The van der Waals surface area contributed by atoms with Gasteiger partial charge < -0.3 is 10.4 Å². The molecule has 1 aliphatic rings. The average molecular weight is 319 g/mol. The molecule has 0 radical (unpaired) electrons. The number of nitrogens with one attached hydrogen (secondary N) is 1. The second-order valence-corrected chi connectivity index (χ2v) is 6.29. The molecule has 0 aromatic heterocycles. The SMILES string of the molecule is C=CCCNCC1=C(c2cccc(O)c2)c2ccccc2CCC1. The summed E-state index contributed by atoms with van der Waals surface area (Å²) in [6, 6.07) is 16.3. The molecule has 2 nitrogen and oxygen atoms in total. The predicted octanol–water partition coefficient (Wildman–Crippen LogP) is 4.70. The van der Waals surface area contributed by atoms with Gasteiger partial charge in [-0.3, -0.25) is 0 Å². The van der Waals surface area contributed by atoms with Crippen LogP contribution in [0.15, 0.2) is 66.8 Å². The molecule has 0 saturated heterocycles. The molecular weight excluding hydrogens is 294 g/mol. The first kappa shape index (κ1) is 16.5. The average Bonchev–Trinajstić information content (AvgIpc) is 2.78. The Bertz CT molecular complexity index is 745. The van der Waals surface area contributed by atoms with E-state index in [-0.39, 0.29) is 0 Å². The standard InChI is InChI=1S/C22H25NO/c1-2-3-14-23-16-19-11-6-9-17-8-4-5-13-21(17)22(19)18-10-7-12-20(24)15-18/h2,4-5,7-8,10,12-13,15,23-24H,1,3,6,9,11,14,16H2. The zero-order chi connectivity index (χ0) is 16.8. The minimum Gasteiger partial charge on any atom is -0.508 e. The number of hydrogen-bond donors (Lipinski definition) is 2. The van der Waals surface area contributed by atoms with Crippen LogP contribution in [0.2, 0.25) is 0 Å². The van der Waals surface area contributed by atoms with Crippen LogP contribution in [-0.2, 0) is 6.42 Å². The summed E-state index contributed by atoms with van der Waals surface area (Å²) in [6.45, 7) is 5.61. The Morgan fingerprint density at radius 3 is 2.79 bits per heavy atom. The summed E-state index contributed by atoms with van der Waals surface area (Å²) in [5.74, 6) is 0.320. The first-order valence-electron chi connectivity index (χ1n) is 8.71. The molecule has 0 unspecified atom stereocenters. The monoisotopic (exact) mass is 319 g/mol. The zero-order valence-electron chi connectivity index (χ0n) is 14.1. The summed E-state index contributed by atoms with van der Waals surface area (Å²) in [5, 5.41) is 13.5. The van der Waals surface area contributed by atoms with Crippen molar-refractivity contribution in [1.82, 2.24) is 5.32 Å². The van der Waals surface area contributed by atoms with Crippen molar-refractivity contribution >= 4 is 5.57 Å². The number of benzene rings is 2. The number of hydrogen-bond acceptors (Lipinski definition) is 2. The predicted molar refractivity (Wildman–Crippen MR) is 101 cm³/mol. The van der Waals surface area contributed by atoms with E-state index in [1.165, 1.54) is 22.3 Å². The van der Waals surface area contributed by atoms with E-state index in [0.717, 1.165) is 44.3 Å². The van der Waals surface area contributed by atoms with Crippen LogP contribution < -0.4 is 5.32 Å². The Morgan fingerprint density at radius 2 is 1.96 bits per heavy atom. The molecule has 3 rings (SSSR count). The van der Waals surface area contributed by atoms with Gasteiger partial charge in [0.2, 0.25) is 0 Å². The third-order valence-corrected chi connectivity index (χ3v) is 4.56. The van der Waals surface area contributed by atoms with Crippen molar-refractivity contribution in [3.63, 3.8) is 0 Å². The highest BCUT2D eigenvalue weighted by molar-refractivity contribution is 5.84. The molecular formula is C22H25NO. The smallest absolute Gasteiger partial charge is 0.116 e. The lowest BCUT2D eigenvalue weighted by Gasteiger charge is -2.17. The third kappa shape index (κ3) is 3.77. The van der Waals surface area contributed by atoms with Crippen molar-refractivity contribution in [2.24, 2.45) is 0 Å². The lowest BCUT2D eigenvalue weighted by Crippen LogP contribution is -2.19. The van der Waals surface area contributed by atoms with Gasteiger partial charge in [0.25, 0.3) is 0 Å². The Morgan fingerprint density at radius 1 is 1.08 bits per heavy atom.